The van der Waals surface area contributed by atoms with Crippen LogP contribution in [0.25, 0.3) is 10.8 Å². The van der Waals surface area contributed by atoms with E-state index in [-0.39, 0.29) is 10.8 Å². The molecule has 2 aliphatic rings. The lowest BCUT2D eigenvalue weighted by Gasteiger charge is -2.25. The fourth-order valence-electron chi connectivity index (χ4n) is 4.58. The molecule has 5 rings (SSSR count). The monoisotopic (exact) mass is 435 g/mol. The predicted molar refractivity (Wildman–Crippen MR) is 123 cm³/mol. The van der Waals surface area contributed by atoms with Gasteiger partial charge in [0.15, 0.2) is 0 Å². The number of carbonyl (C=O) groups is 1. The molecule has 1 saturated heterocycles. The summed E-state index contributed by atoms with van der Waals surface area (Å²) in [4.78, 5) is 15.5. The number of rotatable bonds is 5. The Morgan fingerprint density at radius 3 is 2.39 bits per heavy atom. The minimum Gasteiger partial charge on any atom is -0.372 e. The number of amides is 1. The van der Waals surface area contributed by atoms with E-state index >= 15 is 0 Å². The van der Waals surface area contributed by atoms with Gasteiger partial charge in [0, 0.05) is 30.7 Å². The molecule has 1 N–H and O–H groups in total. The molecule has 31 heavy (non-hydrogen) atoms. The molecule has 1 amide bonds. The first-order valence-electron chi connectivity index (χ1n) is 10.6. The van der Waals surface area contributed by atoms with Gasteiger partial charge in [-0.1, -0.05) is 36.4 Å². The maximum atomic E-state index is 13.2. The van der Waals surface area contributed by atoms with Crippen LogP contribution in [0.1, 0.15) is 25.3 Å². The van der Waals surface area contributed by atoms with Crippen LogP contribution in [0.15, 0.2) is 65.6 Å². The van der Waals surface area contributed by atoms with E-state index in [1.54, 1.807) is 25.1 Å². The van der Waals surface area contributed by atoms with Crippen LogP contribution in [0, 0.1) is 0 Å². The van der Waals surface area contributed by atoms with Gasteiger partial charge in [0.2, 0.25) is 5.91 Å². The van der Waals surface area contributed by atoms with Crippen LogP contribution in [-0.2, 0) is 21.4 Å². The van der Waals surface area contributed by atoms with E-state index in [1.165, 1.54) is 22.8 Å². The topological polar surface area (TPSA) is 69.7 Å². The Hall–Kier alpha value is -3.06. The fourth-order valence-corrected chi connectivity index (χ4v) is 6.45. The zero-order valence-corrected chi connectivity index (χ0v) is 18.2. The molecule has 6 nitrogen and oxygen atoms in total. The van der Waals surface area contributed by atoms with Gasteiger partial charge in [-0.15, -0.1) is 0 Å². The maximum Gasteiger partial charge on any atom is 0.265 e. The van der Waals surface area contributed by atoms with Crippen molar-refractivity contribution in [1.29, 1.82) is 0 Å². The average molecular weight is 436 g/mol. The van der Waals surface area contributed by atoms with Gasteiger partial charge in [-0.25, -0.2) is 8.42 Å². The third kappa shape index (κ3) is 3.33. The zero-order valence-electron chi connectivity index (χ0n) is 17.4. The smallest absolute Gasteiger partial charge is 0.265 e. The number of sulfonamides is 1. The lowest BCUT2D eigenvalue weighted by molar-refractivity contribution is -0.122. The number of hydrogen-bond acceptors (Lipinski definition) is 4. The normalized spacial score (nSPS) is 17.8. The summed E-state index contributed by atoms with van der Waals surface area (Å²) in [6.45, 7) is 4.17. The van der Waals surface area contributed by atoms with Crippen molar-refractivity contribution in [3.63, 3.8) is 0 Å². The van der Waals surface area contributed by atoms with Gasteiger partial charge in [-0.2, -0.15) is 0 Å². The first-order valence-corrected chi connectivity index (χ1v) is 12.1. The Bertz CT molecular complexity index is 1240. The number of nitrogens with one attached hydrogen (secondary N) is 1. The van der Waals surface area contributed by atoms with Gasteiger partial charge in [0.1, 0.15) is 6.04 Å². The van der Waals surface area contributed by atoms with Crippen LogP contribution >= 0.6 is 0 Å². The SMILES string of the molecule is CC(C(=O)NCc1ccc(N2CCCC2)cc1)N1c2cccc3cccc(c23)S1(=O)=O. The lowest BCUT2D eigenvalue weighted by atomic mass is 10.1. The highest BCUT2D eigenvalue weighted by Gasteiger charge is 2.40. The molecule has 1 unspecified atom stereocenters. The highest BCUT2D eigenvalue weighted by Crippen LogP contribution is 2.43. The first kappa shape index (κ1) is 19.9. The van der Waals surface area contributed by atoms with E-state index < -0.39 is 16.1 Å². The Morgan fingerprint density at radius 1 is 1.00 bits per heavy atom. The van der Waals surface area contributed by atoms with Crippen molar-refractivity contribution < 1.29 is 13.2 Å². The van der Waals surface area contributed by atoms with Gasteiger partial charge in [0.05, 0.1) is 10.6 Å². The number of benzene rings is 3. The van der Waals surface area contributed by atoms with E-state index in [0.29, 0.717) is 17.6 Å². The van der Waals surface area contributed by atoms with Crippen molar-refractivity contribution in [2.45, 2.75) is 37.2 Å². The molecule has 2 aliphatic heterocycles. The Morgan fingerprint density at radius 2 is 1.68 bits per heavy atom. The summed E-state index contributed by atoms with van der Waals surface area (Å²) in [6, 6.07) is 18.0. The maximum absolute atomic E-state index is 13.2. The largest absolute Gasteiger partial charge is 0.372 e. The van der Waals surface area contributed by atoms with Gasteiger partial charge in [0.25, 0.3) is 10.0 Å². The second kappa shape index (κ2) is 7.57. The molecule has 3 aromatic rings. The van der Waals surface area contributed by atoms with E-state index in [0.717, 1.165) is 24.0 Å². The minimum absolute atomic E-state index is 0.262. The van der Waals surface area contributed by atoms with Crippen molar-refractivity contribution in [3.8, 4) is 0 Å². The zero-order chi connectivity index (χ0) is 21.6. The van der Waals surface area contributed by atoms with E-state index in [2.05, 4.69) is 22.3 Å². The minimum atomic E-state index is -3.77. The summed E-state index contributed by atoms with van der Waals surface area (Å²) in [7, 11) is -3.77. The van der Waals surface area contributed by atoms with E-state index in [4.69, 9.17) is 0 Å². The summed E-state index contributed by atoms with van der Waals surface area (Å²) < 4.78 is 27.6. The number of anilines is 2. The van der Waals surface area contributed by atoms with Crippen molar-refractivity contribution in [3.05, 3.63) is 66.2 Å². The molecule has 2 heterocycles. The van der Waals surface area contributed by atoms with Gasteiger partial charge in [-0.05, 0) is 55.0 Å². The van der Waals surface area contributed by atoms with Crippen molar-refractivity contribution in [2.24, 2.45) is 0 Å². The molecule has 3 aromatic carbocycles. The van der Waals surface area contributed by atoms with Crippen LogP contribution in [0.5, 0.6) is 0 Å². The first-order chi connectivity index (χ1) is 15.0. The molecule has 1 fully saturated rings. The number of carbonyl (C=O) groups excluding carboxylic acids is 1. The third-order valence-electron chi connectivity index (χ3n) is 6.22. The quantitative estimate of drug-likeness (QED) is 0.664. The second-order valence-electron chi connectivity index (χ2n) is 8.19. The highest BCUT2D eigenvalue weighted by molar-refractivity contribution is 7.93. The molecule has 160 valence electrons. The molecule has 0 radical (unpaired) electrons. The second-order valence-corrected chi connectivity index (χ2v) is 9.97. The molecule has 0 bridgehead atoms. The molecule has 0 saturated carbocycles. The molecular formula is C24H25N3O3S. The van der Waals surface area contributed by atoms with E-state index in [1.807, 2.05) is 30.3 Å². The third-order valence-corrected chi connectivity index (χ3v) is 8.15. The van der Waals surface area contributed by atoms with Crippen molar-refractivity contribution in [2.75, 3.05) is 22.3 Å². The number of hydrogen-bond donors (Lipinski definition) is 1. The highest BCUT2D eigenvalue weighted by atomic mass is 32.2. The van der Waals surface area contributed by atoms with Crippen LogP contribution in [-0.4, -0.2) is 33.5 Å². The molecule has 0 aliphatic carbocycles. The van der Waals surface area contributed by atoms with Crippen LogP contribution in [0.4, 0.5) is 11.4 Å². The van der Waals surface area contributed by atoms with Gasteiger partial charge < -0.3 is 10.2 Å². The predicted octanol–water partition coefficient (Wildman–Crippen LogP) is 3.65. The number of nitrogens with zero attached hydrogens (tertiary/aromatic N) is 2. The lowest BCUT2D eigenvalue weighted by Crippen LogP contribution is -2.46. The summed E-state index contributed by atoms with van der Waals surface area (Å²) >= 11 is 0. The standard InChI is InChI=1S/C24H25N3O3S/c1-17(24(28)25-16-18-10-12-20(13-11-18)26-14-2-3-15-26)27-21-8-4-6-19-7-5-9-22(23(19)21)31(27,29)30/h4-13,17H,2-3,14-16H2,1H3,(H,25,28). The Balaban J connectivity index is 1.32. The van der Waals surface area contributed by atoms with Gasteiger partial charge in [-0.3, -0.25) is 9.10 Å². The fraction of sp³-hybridized carbons (Fsp3) is 0.292. The summed E-state index contributed by atoms with van der Waals surface area (Å²) in [5.74, 6) is -0.322. The van der Waals surface area contributed by atoms with Crippen LogP contribution in [0.3, 0.4) is 0 Å². The molecule has 7 heteroatoms. The molecular weight excluding hydrogens is 410 g/mol. The van der Waals surface area contributed by atoms with Crippen LogP contribution < -0.4 is 14.5 Å². The Kier molecular flexibility index (Phi) is 4.85. The molecule has 0 aromatic heterocycles. The Labute approximate surface area is 182 Å². The van der Waals surface area contributed by atoms with Crippen molar-refractivity contribution in [1.82, 2.24) is 5.32 Å². The summed E-state index contributed by atoms with van der Waals surface area (Å²) in [5.41, 5.74) is 2.75. The summed E-state index contributed by atoms with van der Waals surface area (Å²) in [6.07, 6.45) is 2.46. The van der Waals surface area contributed by atoms with Gasteiger partial charge >= 0.3 is 0 Å². The van der Waals surface area contributed by atoms with Crippen LogP contribution in [0.2, 0.25) is 0 Å². The summed E-state index contributed by atoms with van der Waals surface area (Å²) in [5, 5.41) is 4.44. The molecule has 0 spiro atoms. The average Bonchev–Trinajstić information content (AvgIpc) is 3.39. The molecule has 1 atom stereocenters. The van der Waals surface area contributed by atoms with E-state index in [9.17, 15) is 13.2 Å². The van der Waals surface area contributed by atoms with Crippen molar-refractivity contribution >= 4 is 38.1 Å².